The molecule has 0 aromatic carbocycles. The maximum absolute atomic E-state index is 11.0. The summed E-state index contributed by atoms with van der Waals surface area (Å²) in [6, 6.07) is 0. The molecule has 1 rings (SSSR count). The Bertz CT molecular complexity index is 232. The highest BCUT2D eigenvalue weighted by Crippen LogP contribution is 2.30. The number of hydrogen-bond donors (Lipinski definition) is 2. The second-order valence-electron chi connectivity index (χ2n) is 5.57. The standard InChI is InChI=1S/C13H25NO2/c1-10(13(2,14)12(15)16)8-9-11-6-4-3-5-7-11/h10-11H,3-9,14H2,1-2H3,(H,15,16). The molecule has 2 atom stereocenters. The van der Waals surface area contributed by atoms with Crippen LogP contribution in [-0.2, 0) is 4.79 Å². The van der Waals surface area contributed by atoms with Crippen molar-refractivity contribution in [3.8, 4) is 0 Å². The summed E-state index contributed by atoms with van der Waals surface area (Å²) in [6.07, 6.45) is 8.78. The molecule has 94 valence electrons. The van der Waals surface area contributed by atoms with Gasteiger partial charge >= 0.3 is 5.97 Å². The summed E-state index contributed by atoms with van der Waals surface area (Å²) in [5.74, 6) is -0.0311. The molecule has 0 saturated heterocycles. The molecule has 0 aliphatic heterocycles. The largest absolute Gasteiger partial charge is 0.480 e. The molecule has 1 aliphatic carbocycles. The highest BCUT2D eigenvalue weighted by Gasteiger charge is 2.34. The fourth-order valence-electron chi connectivity index (χ4n) is 2.47. The molecule has 2 unspecified atom stereocenters. The van der Waals surface area contributed by atoms with E-state index in [1.54, 1.807) is 6.92 Å². The van der Waals surface area contributed by atoms with Crippen LogP contribution >= 0.6 is 0 Å². The maximum Gasteiger partial charge on any atom is 0.323 e. The Morgan fingerprint density at radius 2 is 2.00 bits per heavy atom. The lowest BCUT2D eigenvalue weighted by Crippen LogP contribution is -2.50. The Kier molecular flexibility index (Phi) is 4.78. The van der Waals surface area contributed by atoms with Gasteiger partial charge in [0.05, 0.1) is 0 Å². The highest BCUT2D eigenvalue weighted by molar-refractivity contribution is 5.78. The van der Waals surface area contributed by atoms with E-state index in [4.69, 9.17) is 10.8 Å². The van der Waals surface area contributed by atoms with Crippen LogP contribution in [0.3, 0.4) is 0 Å². The van der Waals surface area contributed by atoms with E-state index >= 15 is 0 Å². The number of carboxylic acids is 1. The molecular weight excluding hydrogens is 202 g/mol. The second kappa shape index (κ2) is 5.67. The Labute approximate surface area is 98.4 Å². The monoisotopic (exact) mass is 227 g/mol. The van der Waals surface area contributed by atoms with Gasteiger partial charge in [-0.2, -0.15) is 0 Å². The summed E-state index contributed by atoms with van der Waals surface area (Å²) in [6.45, 7) is 3.58. The van der Waals surface area contributed by atoms with Crippen LogP contribution in [-0.4, -0.2) is 16.6 Å². The molecule has 0 bridgehead atoms. The summed E-state index contributed by atoms with van der Waals surface area (Å²) in [4.78, 5) is 11.0. The van der Waals surface area contributed by atoms with Gasteiger partial charge in [-0.1, -0.05) is 45.4 Å². The van der Waals surface area contributed by atoms with E-state index in [-0.39, 0.29) is 5.92 Å². The van der Waals surface area contributed by atoms with Crippen LogP contribution in [0, 0.1) is 11.8 Å². The van der Waals surface area contributed by atoms with Crippen LogP contribution in [0.4, 0.5) is 0 Å². The zero-order valence-electron chi connectivity index (χ0n) is 10.5. The van der Waals surface area contributed by atoms with Gasteiger partial charge in [0, 0.05) is 0 Å². The van der Waals surface area contributed by atoms with Gasteiger partial charge in [-0.3, -0.25) is 4.79 Å². The molecule has 1 fully saturated rings. The molecule has 0 spiro atoms. The first-order valence-corrected chi connectivity index (χ1v) is 6.47. The Hall–Kier alpha value is -0.570. The zero-order chi connectivity index (χ0) is 12.2. The zero-order valence-corrected chi connectivity index (χ0v) is 10.5. The third-order valence-corrected chi connectivity index (χ3v) is 4.22. The molecule has 16 heavy (non-hydrogen) atoms. The third-order valence-electron chi connectivity index (χ3n) is 4.22. The predicted molar refractivity (Wildman–Crippen MR) is 65.2 cm³/mol. The number of nitrogens with two attached hydrogens (primary N) is 1. The van der Waals surface area contributed by atoms with Gasteiger partial charge in [-0.05, 0) is 25.2 Å². The van der Waals surface area contributed by atoms with Crippen molar-refractivity contribution in [2.75, 3.05) is 0 Å². The maximum atomic E-state index is 11.0. The van der Waals surface area contributed by atoms with Crippen molar-refractivity contribution < 1.29 is 9.90 Å². The molecule has 0 aromatic heterocycles. The first-order valence-electron chi connectivity index (χ1n) is 6.47. The summed E-state index contributed by atoms with van der Waals surface area (Å²) >= 11 is 0. The van der Waals surface area contributed by atoms with Crippen LogP contribution in [0.15, 0.2) is 0 Å². The molecular formula is C13H25NO2. The van der Waals surface area contributed by atoms with E-state index in [2.05, 4.69) is 0 Å². The van der Waals surface area contributed by atoms with E-state index < -0.39 is 11.5 Å². The van der Waals surface area contributed by atoms with Crippen molar-refractivity contribution in [1.82, 2.24) is 0 Å². The SMILES string of the molecule is CC(CCC1CCCCC1)C(C)(N)C(=O)O. The Morgan fingerprint density at radius 1 is 1.44 bits per heavy atom. The van der Waals surface area contributed by atoms with Gasteiger partial charge in [0.15, 0.2) is 0 Å². The molecule has 3 N–H and O–H groups in total. The van der Waals surface area contributed by atoms with E-state index in [0.29, 0.717) is 0 Å². The van der Waals surface area contributed by atoms with E-state index in [1.165, 1.54) is 32.1 Å². The number of hydrogen-bond acceptors (Lipinski definition) is 2. The first-order chi connectivity index (χ1) is 7.44. The number of carbonyl (C=O) groups is 1. The van der Waals surface area contributed by atoms with Crippen molar-refractivity contribution >= 4 is 5.97 Å². The Morgan fingerprint density at radius 3 is 2.50 bits per heavy atom. The van der Waals surface area contributed by atoms with Gasteiger partial charge in [-0.25, -0.2) is 0 Å². The summed E-state index contributed by atoms with van der Waals surface area (Å²) < 4.78 is 0. The molecule has 3 heteroatoms. The average Bonchev–Trinajstić information content (AvgIpc) is 2.27. The number of carboxylic acid groups (broad SMARTS) is 1. The molecule has 1 saturated carbocycles. The van der Waals surface area contributed by atoms with Crippen LogP contribution in [0.1, 0.15) is 58.8 Å². The van der Waals surface area contributed by atoms with Gasteiger partial charge < -0.3 is 10.8 Å². The molecule has 3 nitrogen and oxygen atoms in total. The van der Waals surface area contributed by atoms with Crippen LogP contribution < -0.4 is 5.73 Å². The fraction of sp³-hybridized carbons (Fsp3) is 0.923. The minimum absolute atomic E-state index is 0.0481. The smallest absolute Gasteiger partial charge is 0.323 e. The van der Waals surface area contributed by atoms with Crippen LogP contribution in [0.25, 0.3) is 0 Å². The van der Waals surface area contributed by atoms with Gasteiger partial charge in [0.25, 0.3) is 0 Å². The number of aliphatic carboxylic acids is 1. The van der Waals surface area contributed by atoms with E-state index in [9.17, 15) is 4.79 Å². The third kappa shape index (κ3) is 3.48. The normalized spacial score (nSPS) is 23.7. The molecule has 0 aromatic rings. The van der Waals surface area contributed by atoms with Crippen molar-refractivity contribution in [2.45, 2.75) is 64.3 Å². The van der Waals surface area contributed by atoms with Crippen molar-refractivity contribution in [1.29, 1.82) is 0 Å². The minimum Gasteiger partial charge on any atom is -0.480 e. The van der Waals surface area contributed by atoms with E-state index in [1.807, 2.05) is 6.92 Å². The van der Waals surface area contributed by atoms with Crippen molar-refractivity contribution in [3.63, 3.8) is 0 Å². The lowest BCUT2D eigenvalue weighted by Gasteiger charge is -2.29. The van der Waals surface area contributed by atoms with E-state index in [0.717, 1.165) is 18.8 Å². The van der Waals surface area contributed by atoms with Crippen LogP contribution in [0.5, 0.6) is 0 Å². The van der Waals surface area contributed by atoms with Crippen molar-refractivity contribution in [3.05, 3.63) is 0 Å². The van der Waals surface area contributed by atoms with Gasteiger partial charge in [0.1, 0.15) is 5.54 Å². The first kappa shape index (κ1) is 13.5. The highest BCUT2D eigenvalue weighted by atomic mass is 16.4. The average molecular weight is 227 g/mol. The molecule has 0 heterocycles. The molecule has 0 amide bonds. The second-order valence-corrected chi connectivity index (χ2v) is 5.57. The quantitative estimate of drug-likeness (QED) is 0.759. The van der Waals surface area contributed by atoms with Crippen molar-refractivity contribution in [2.24, 2.45) is 17.6 Å². The molecule has 1 aliphatic rings. The van der Waals surface area contributed by atoms with Gasteiger partial charge in [-0.15, -0.1) is 0 Å². The summed E-state index contributed by atoms with van der Waals surface area (Å²) in [5, 5.41) is 9.02. The Balaban J connectivity index is 2.33. The molecule has 0 radical (unpaired) electrons. The minimum atomic E-state index is -1.07. The lowest BCUT2D eigenvalue weighted by atomic mass is 9.79. The van der Waals surface area contributed by atoms with Gasteiger partial charge in [0.2, 0.25) is 0 Å². The fourth-order valence-corrected chi connectivity index (χ4v) is 2.47. The topological polar surface area (TPSA) is 63.3 Å². The summed E-state index contributed by atoms with van der Waals surface area (Å²) in [5.41, 5.74) is 4.74. The summed E-state index contributed by atoms with van der Waals surface area (Å²) in [7, 11) is 0. The number of rotatable bonds is 5. The predicted octanol–water partition coefficient (Wildman–Crippen LogP) is 2.79. The van der Waals surface area contributed by atoms with Crippen LogP contribution in [0.2, 0.25) is 0 Å². The lowest BCUT2D eigenvalue weighted by molar-refractivity contribution is -0.144.